The Bertz CT molecular complexity index is 569. The molecule has 2 rings (SSSR count). The number of nitrogens with one attached hydrogen (secondary N) is 1. The average molecular weight is 326 g/mol. The first-order valence-corrected chi connectivity index (χ1v) is 7.80. The van der Waals surface area contributed by atoms with Gasteiger partial charge in [-0.15, -0.1) is 0 Å². The Morgan fingerprint density at radius 1 is 1.41 bits per heavy atom. The molecule has 1 aliphatic rings. The van der Waals surface area contributed by atoms with Gasteiger partial charge in [0.25, 0.3) is 0 Å². The Labute approximate surface area is 134 Å². The van der Waals surface area contributed by atoms with Gasteiger partial charge < -0.3 is 15.2 Å². The van der Waals surface area contributed by atoms with Gasteiger partial charge in [0.2, 0.25) is 5.91 Å². The molecular formula is C16H20ClNO4. The number of halogens is 1. The van der Waals surface area contributed by atoms with E-state index in [-0.39, 0.29) is 12.3 Å². The van der Waals surface area contributed by atoms with Gasteiger partial charge in [0.05, 0.1) is 17.7 Å². The van der Waals surface area contributed by atoms with E-state index in [4.69, 9.17) is 16.3 Å². The lowest BCUT2D eigenvalue weighted by Crippen LogP contribution is -2.41. The maximum atomic E-state index is 12.2. The van der Waals surface area contributed by atoms with Crippen molar-refractivity contribution in [2.45, 2.75) is 39.0 Å². The highest BCUT2D eigenvalue weighted by Gasteiger charge is 2.45. The molecule has 0 radical (unpaired) electrons. The van der Waals surface area contributed by atoms with Gasteiger partial charge in [-0.2, -0.15) is 0 Å². The normalized spacial score (nSPS) is 15.7. The van der Waals surface area contributed by atoms with Crippen molar-refractivity contribution in [1.29, 1.82) is 0 Å². The van der Waals surface area contributed by atoms with Gasteiger partial charge in [-0.3, -0.25) is 9.59 Å². The van der Waals surface area contributed by atoms with Crippen LogP contribution in [0, 0.1) is 5.41 Å². The maximum Gasteiger partial charge on any atom is 0.310 e. The summed E-state index contributed by atoms with van der Waals surface area (Å²) in [6, 6.07) is 5.00. The highest BCUT2D eigenvalue weighted by molar-refractivity contribution is 6.31. The number of rotatable bonds is 7. The van der Waals surface area contributed by atoms with Crippen LogP contribution in [0.4, 0.5) is 5.69 Å². The largest absolute Gasteiger partial charge is 0.491 e. The lowest BCUT2D eigenvalue weighted by Gasteiger charge is -2.36. The van der Waals surface area contributed by atoms with E-state index in [1.807, 2.05) is 6.92 Å². The first kappa shape index (κ1) is 16.6. The monoisotopic (exact) mass is 325 g/mol. The number of aliphatic carboxylic acids is 1. The Balaban J connectivity index is 2.07. The highest BCUT2D eigenvalue weighted by Crippen LogP contribution is 2.44. The van der Waals surface area contributed by atoms with Crippen molar-refractivity contribution >= 4 is 29.2 Å². The van der Waals surface area contributed by atoms with Crippen LogP contribution in [0.1, 0.15) is 39.0 Å². The zero-order chi connectivity index (χ0) is 16.2. The van der Waals surface area contributed by atoms with E-state index in [0.717, 1.165) is 12.8 Å². The standard InChI is InChI=1S/C16H20ClNO4/c1-2-8-22-13-5-4-11(17)9-12(13)18-14(19)10-16(15(20)21)6-3-7-16/h4-5,9H,2-3,6-8,10H2,1H3,(H,18,19)(H,20,21). The fourth-order valence-electron chi connectivity index (χ4n) is 2.51. The summed E-state index contributed by atoms with van der Waals surface area (Å²) in [5, 5.41) is 12.5. The second kappa shape index (κ2) is 7.01. The van der Waals surface area contributed by atoms with Crippen LogP contribution in [0.5, 0.6) is 5.75 Å². The quantitative estimate of drug-likeness (QED) is 0.801. The Hall–Kier alpha value is -1.75. The van der Waals surface area contributed by atoms with Gasteiger partial charge in [0.15, 0.2) is 0 Å². The van der Waals surface area contributed by atoms with Crippen molar-refractivity contribution in [3.63, 3.8) is 0 Å². The molecule has 5 nitrogen and oxygen atoms in total. The van der Waals surface area contributed by atoms with Crippen molar-refractivity contribution in [2.75, 3.05) is 11.9 Å². The van der Waals surface area contributed by atoms with Crippen LogP contribution in [0.25, 0.3) is 0 Å². The minimum Gasteiger partial charge on any atom is -0.491 e. The summed E-state index contributed by atoms with van der Waals surface area (Å²) in [7, 11) is 0. The zero-order valence-corrected chi connectivity index (χ0v) is 13.3. The number of carboxylic acids is 1. The first-order valence-electron chi connectivity index (χ1n) is 7.42. The molecule has 1 amide bonds. The summed E-state index contributed by atoms with van der Waals surface area (Å²) >= 11 is 5.96. The van der Waals surface area contributed by atoms with Crippen LogP contribution in [-0.4, -0.2) is 23.6 Å². The van der Waals surface area contributed by atoms with Crippen LogP contribution in [0.15, 0.2) is 18.2 Å². The molecule has 0 heterocycles. The summed E-state index contributed by atoms with van der Waals surface area (Å²) in [5.74, 6) is -0.689. The molecule has 22 heavy (non-hydrogen) atoms. The minimum absolute atomic E-state index is 0.0257. The number of amides is 1. The summed E-state index contributed by atoms with van der Waals surface area (Å²) in [5.41, 5.74) is -0.432. The SMILES string of the molecule is CCCOc1ccc(Cl)cc1NC(=O)CC1(C(=O)O)CCC1. The van der Waals surface area contributed by atoms with E-state index in [1.165, 1.54) is 0 Å². The number of anilines is 1. The summed E-state index contributed by atoms with van der Waals surface area (Å²) in [6.07, 6.45) is 2.76. The molecule has 6 heteroatoms. The number of ether oxygens (including phenoxy) is 1. The fraction of sp³-hybridized carbons (Fsp3) is 0.500. The fourth-order valence-corrected chi connectivity index (χ4v) is 2.68. The predicted molar refractivity (Wildman–Crippen MR) is 84.4 cm³/mol. The van der Waals surface area contributed by atoms with E-state index in [1.54, 1.807) is 18.2 Å². The van der Waals surface area contributed by atoms with E-state index in [0.29, 0.717) is 35.9 Å². The van der Waals surface area contributed by atoms with E-state index >= 15 is 0 Å². The van der Waals surface area contributed by atoms with Gasteiger partial charge in [-0.25, -0.2) is 0 Å². The molecule has 1 fully saturated rings. The molecule has 0 unspecified atom stereocenters. The molecule has 0 atom stereocenters. The topological polar surface area (TPSA) is 75.6 Å². The molecule has 120 valence electrons. The van der Waals surface area contributed by atoms with Gasteiger partial charge in [-0.05, 0) is 37.5 Å². The molecular weight excluding hydrogens is 306 g/mol. The molecule has 1 aromatic carbocycles. The number of carbonyl (C=O) groups excluding carboxylic acids is 1. The third-order valence-electron chi connectivity index (χ3n) is 3.94. The predicted octanol–water partition coefficient (Wildman–Crippen LogP) is 3.71. The smallest absolute Gasteiger partial charge is 0.310 e. The molecule has 2 N–H and O–H groups in total. The number of benzene rings is 1. The average Bonchev–Trinajstić information content (AvgIpc) is 2.41. The number of carbonyl (C=O) groups is 2. The van der Waals surface area contributed by atoms with Gasteiger partial charge in [0, 0.05) is 11.4 Å². The van der Waals surface area contributed by atoms with Crippen molar-refractivity contribution in [2.24, 2.45) is 5.41 Å². The first-order chi connectivity index (χ1) is 10.5. The van der Waals surface area contributed by atoms with Crippen molar-refractivity contribution in [1.82, 2.24) is 0 Å². The molecule has 0 spiro atoms. The summed E-state index contributed by atoms with van der Waals surface area (Å²) in [6.45, 7) is 2.52. The molecule has 0 aromatic heterocycles. The summed E-state index contributed by atoms with van der Waals surface area (Å²) < 4.78 is 5.57. The van der Waals surface area contributed by atoms with E-state index < -0.39 is 11.4 Å². The molecule has 1 aliphatic carbocycles. The second-order valence-corrected chi connectivity index (χ2v) is 6.09. The zero-order valence-electron chi connectivity index (χ0n) is 12.5. The van der Waals surface area contributed by atoms with Gasteiger partial charge >= 0.3 is 5.97 Å². The molecule has 0 bridgehead atoms. The van der Waals surface area contributed by atoms with Crippen LogP contribution in [0.3, 0.4) is 0 Å². The van der Waals surface area contributed by atoms with E-state index in [9.17, 15) is 14.7 Å². The lowest BCUT2D eigenvalue weighted by molar-refractivity contribution is -0.157. The number of hydrogen-bond donors (Lipinski definition) is 2. The Morgan fingerprint density at radius 3 is 2.68 bits per heavy atom. The van der Waals surface area contributed by atoms with Crippen LogP contribution in [0.2, 0.25) is 5.02 Å². The minimum atomic E-state index is -0.910. The summed E-state index contributed by atoms with van der Waals surface area (Å²) in [4.78, 5) is 23.5. The molecule has 1 saturated carbocycles. The van der Waals surface area contributed by atoms with Crippen molar-refractivity contribution in [3.8, 4) is 5.75 Å². The van der Waals surface area contributed by atoms with E-state index in [2.05, 4.69) is 5.32 Å². The lowest BCUT2D eigenvalue weighted by atomic mass is 9.66. The van der Waals surface area contributed by atoms with Crippen LogP contribution < -0.4 is 10.1 Å². The van der Waals surface area contributed by atoms with Crippen LogP contribution in [-0.2, 0) is 9.59 Å². The van der Waals surface area contributed by atoms with Gasteiger partial charge in [0.1, 0.15) is 5.75 Å². The van der Waals surface area contributed by atoms with Crippen molar-refractivity contribution in [3.05, 3.63) is 23.2 Å². The highest BCUT2D eigenvalue weighted by atomic mass is 35.5. The third-order valence-corrected chi connectivity index (χ3v) is 4.18. The Kier molecular flexibility index (Phi) is 5.29. The molecule has 1 aromatic rings. The number of carboxylic acid groups (broad SMARTS) is 1. The molecule has 0 saturated heterocycles. The number of hydrogen-bond acceptors (Lipinski definition) is 3. The maximum absolute atomic E-state index is 12.2. The van der Waals surface area contributed by atoms with Gasteiger partial charge in [-0.1, -0.05) is 24.9 Å². The third kappa shape index (κ3) is 3.71. The second-order valence-electron chi connectivity index (χ2n) is 5.65. The van der Waals surface area contributed by atoms with Crippen molar-refractivity contribution < 1.29 is 19.4 Å². The van der Waals surface area contributed by atoms with Crippen LogP contribution >= 0.6 is 11.6 Å². The Morgan fingerprint density at radius 2 is 2.14 bits per heavy atom. The molecule has 0 aliphatic heterocycles.